The molecule has 18 heavy (non-hydrogen) atoms. The maximum absolute atomic E-state index is 11.3. The molecule has 0 saturated carbocycles. The Bertz CT molecular complexity index is 414. The molecule has 5 heteroatoms. The minimum atomic E-state index is -0.960. The van der Waals surface area contributed by atoms with Gasteiger partial charge in [-0.2, -0.15) is 5.26 Å². The lowest BCUT2D eigenvalue weighted by Crippen LogP contribution is -2.45. The molecular weight excluding hydrogens is 232 g/mol. The lowest BCUT2D eigenvalue weighted by atomic mass is 10.2. The summed E-state index contributed by atoms with van der Waals surface area (Å²) >= 11 is 0. The van der Waals surface area contributed by atoms with Crippen molar-refractivity contribution in [3.8, 4) is 6.07 Å². The average Bonchev–Trinajstić information content (AvgIpc) is 2.39. The van der Waals surface area contributed by atoms with E-state index in [0.29, 0.717) is 6.54 Å². The van der Waals surface area contributed by atoms with Crippen LogP contribution in [0.25, 0.3) is 0 Å². The van der Waals surface area contributed by atoms with Crippen molar-refractivity contribution in [3.05, 3.63) is 30.3 Å². The summed E-state index contributed by atoms with van der Waals surface area (Å²) in [5.74, 6) is -0.960. The van der Waals surface area contributed by atoms with Crippen LogP contribution in [0, 0.1) is 11.3 Å². The third-order valence-electron chi connectivity index (χ3n) is 2.54. The number of aliphatic carboxylic acids is 1. The van der Waals surface area contributed by atoms with E-state index in [2.05, 4.69) is 0 Å². The normalized spacial score (nSPS) is 11.6. The summed E-state index contributed by atoms with van der Waals surface area (Å²) in [6.07, 6.45) is 0.266. The first-order valence-electron chi connectivity index (χ1n) is 5.61. The minimum Gasteiger partial charge on any atom is -0.480 e. The molecule has 0 saturated heterocycles. The van der Waals surface area contributed by atoms with E-state index in [4.69, 9.17) is 10.00 Å². The Morgan fingerprint density at radius 2 is 2.17 bits per heavy atom. The molecule has 1 aromatic rings. The first-order valence-corrected chi connectivity index (χ1v) is 5.61. The van der Waals surface area contributed by atoms with E-state index in [0.717, 1.165) is 5.69 Å². The van der Waals surface area contributed by atoms with E-state index < -0.39 is 12.0 Å². The Morgan fingerprint density at radius 3 is 2.67 bits per heavy atom. The molecule has 1 rings (SSSR count). The Labute approximate surface area is 106 Å². The second-order valence-electron chi connectivity index (χ2n) is 3.75. The lowest BCUT2D eigenvalue weighted by Gasteiger charge is -2.29. The number of nitriles is 1. The fourth-order valence-electron chi connectivity index (χ4n) is 1.71. The van der Waals surface area contributed by atoms with Crippen molar-refractivity contribution in [1.82, 2.24) is 0 Å². The molecule has 0 bridgehead atoms. The van der Waals surface area contributed by atoms with Crippen molar-refractivity contribution in [3.63, 3.8) is 0 Å². The summed E-state index contributed by atoms with van der Waals surface area (Å²) in [6.45, 7) is 0.441. The molecule has 0 aliphatic heterocycles. The molecular formula is C13H16N2O3. The highest BCUT2D eigenvalue weighted by atomic mass is 16.5. The van der Waals surface area contributed by atoms with E-state index in [9.17, 15) is 9.90 Å². The van der Waals surface area contributed by atoms with Crippen LogP contribution in [0.5, 0.6) is 0 Å². The molecule has 0 fully saturated rings. The summed E-state index contributed by atoms with van der Waals surface area (Å²) in [6, 6.07) is 10.4. The van der Waals surface area contributed by atoms with Crippen LogP contribution in [-0.4, -0.2) is 37.4 Å². The molecule has 1 atom stereocenters. The van der Waals surface area contributed by atoms with Gasteiger partial charge in [-0.3, -0.25) is 0 Å². The van der Waals surface area contributed by atoms with Gasteiger partial charge in [0.15, 0.2) is 6.04 Å². The number of para-hydroxylation sites is 1. The van der Waals surface area contributed by atoms with Gasteiger partial charge in [-0.1, -0.05) is 18.2 Å². The third kappa shape index (κ3) is 3.75. The number of ether oxygens (including phenoxy) is 1. The molecule has 0 amide bonds. The van der Waals surface area contributed by atoms with Crippen molar-refractivity contribution in [2.24, 2.45) is 0 Å². The number of nitrogens with zero attached hydrogens (tertiary/aromatic N) is 2. The number of rotatable bonds is 7. The van der Waals surface area contributed by atoms with E-state index in [1.54, 1.807) is 4.90 Å². The van der Waals surface area contributed by atoms with Gasteiger partial charge in [0.25, 0.3) is 0 Å². The SMILES string of the molecule is COCC(C(=O)O)N(CCC#N)c1ccccc1. The van der Waals surface area contributed by atoms with Crippen LogP contribution in [0.2, 0.25) is 0 Å². The Kier molecular flexibility index (Phi) is 5.68. The first kappa shape index (κ1) is 14.0. The Hall–Kier alpha value is -2.06. The molecule has 0 aromatic heterocycles. The average molecular weight is 248 g/mol. The molecule has 0 radical (unpaired) electrons. The molecule has 0 spiro atoms. The molecule has 1 unspecified atom stereocenters. The van der Waals surface area contributed by atoms with Crippen molar-refractivity contribution in [1.29, 1.82) is 5.26 Å². The highest BCUT2D eigenvalue weighted by Gasteiger charge is 2.25. The summed E-state index contributed by atoms with van der Waals surface area (Å²) in [5.41, 5.74) is 0.775. The maximum atomic E-state index is 11.3. The van der Waals surface area contributed by atoms with Crippen molar-refractivity contribution >= 4 is 11.7 Å². The van der Waals surface area contributed by atoms with E-state index in [1.807, 2.05) is 36.4 Å². The monoisotopic (exact) mass is 248 g/mol. The number of carbonyl (C=O) groups is 1. The zero-order valence-corrected chi connectivity index (χ0v) is 10.2. The zero-order valence-electron chi connectivity index (χ0n) is 10.2. The quantitative estimate of drug-likeness (QED) is 0.791. The molecule has 0 aliphatic rings. The number of hydrogen-bond acceptors (Lipinski definition) is 4. The van der Waals surface area contributed by atoms with E-state index >= 15 is 0 Å². The highest BCUT2D eigenvalue weighted by molar-refractivity contribution is 5.78. The molecule has 5 nitrogen and oxygen atoms in total. The molecule has 96 valence electrons. The van der Waals surface area contributed by atoms with E-state index in [1.165, 1.54) is 7.11 Å². The predicted octanol–water partition coefficient (Wildman–Crippen LogP) is 1.51. The lowest BCUT2D eigenvalue weighted by molar-refractivity contribution is -0.139. The van der Waals surface area contributed by atoms with Crippen LogP contribution in [0.4, 0.5) is 5.69 Å². The van der Waals surface area contributed by atoms with Crippen molar-refractivity contribution in [2.45, 2.75) is 12.5 Å². The van der Waals surface area contributed by atoms with Crippen molar-refractivity contribution < 1.29 is 14.6 Å². The number of carboxylic acids is 1. The van der Waals surface area contributed by atoms with Gasteiger partial charge in [0.2, 0.25) is 0 Å². The predicted molar refractivity (Wildman–Crippen MR) is 67.3 cm³/mol. The third-order valence-corrected chi connectivity index (χ3v) is 2.54. The molecule has 0 aliphatic carbocycles. The topological polar surface area (TPSA) is 73.6 Å². The van der Waals surface area contributed by atoms with Crippen LogP contribution in [0.1, 0.15) is 6.42 Å². The highest BCUT2D eigenvalue weighted by Crippen LogP contribution is 2.17. The second kappa shape index (κ2) is 7.30. The maximum Gasteiger partial charge on any atom is 0.328 e. The Balaban J connectivity index is 2.96. The first-order chi connectivity index (χ1) is 8.70. The Morgan fingerprint density at radius 1 is 1.50 bits per heavy atom. The number of benzene rings is 1. The van der Waals surface area contributed by atoms with E-state index in [-0.39, 0.29) is 13.0 Å². The smallest absolute Gasteiger partial charge is 0.328 e. The van der Waals surface area contributed by atoms with Crippen molar-refractivity contribution in [2.75, 3.05) is 25.2 Å². The van der Waals surface area contributed by atoms with Gasteiger partial charge in [0.05, 0.1) is 19.1 Å². The molecule has 0 heterocycles. The summed E-state index contributed by atoms with van der Waals surface area (Å²) < 4.78 is 4.94. The minimum absolute atomic E-state index is 0.0790. The summed E-state index contributed by atoms with van der Waals surface area (Å²) in [4.78, 5) is 12.9. The van der Waals surface area contributed by atoms with Crippen LogP contribution < -0.4 is 4.90 Å². The van der Waals surface area contributed by atoms with Gasteiger partial charge in [-0.05, 0) is 12.1 Å². The van der Waals surface area contributed by atoms with Gasteiger partial charge in [0, 0.05) is 19.3 Å². The van der Waals surface area contributed by atoms with Gasteiger partial charge in [-0.15, -0.1) is 0 Å². The molecule has 1 N–H and O–H groups in total. The van der Waals surface area contributed by atoms with Crippen LogP contribution in [-0.2, 0) is 9.53 Å². The van der Waals surface area contributed by atoms with Crippen LogP contribution in [0.15, 0.2) is 30.3 Å². The van der Waals surface area contributed by atoms with Gasteiger partial charge >= 0.3 is 5.97 Å². The van der Waals surface area contributed by atoms with Crippen LogP contribution in [0.3, 0.4) is 0 Å². The largest absolute Gasteiger partial charge is 0.480 e. The standard InChI is InChI=1S/C13H16N2O3/c1-18-10-12(13(16)17)15(9-5-8-14)11-6-3-2-4-7-11/h2-4,6-7,12H,5,9-10H2,1H3,(H,16,17). The summed E-state index contributed by atoms with van der Waals surface area (Å²) in [7, 11) is 1.46. The summed E-state index contributed by atoms with van der Waals surface area (Å²) in [5, 5.41) is 17.9. The van der Waals surface area contributed by atoms with Gasteiger partial charge < -0.3 is 14.7 Å². The fourth-order valence-corrected chi connectivity index (χ4v) is 1.71. The van der Waals surface area contributed by atoms with Gasteiger partial charge in [-0.25, -0.2) is 4.79 Å². The van der Waals surface area contributed by atoms with Gasteiger partial charge in [0.1, 0.15) is 0 Å². The number of carboxylic acid groups (broad SMARTS) is 1. The van der Waals surface area contributed by atoms with Crippen LogP contribution >= 0.6 is 0 Å². The number of methoxy groups -OCH3 is 1. The molecule has 1 aromatic carbocycles. The number of hydrogen-bond donors (Lipinski definition) is 1. The number of anilines is 1. The fraction of sp³-hybridized carbons (Fsp3) is 0.385. The second-order valence-corrected chi connectivity index (χ2v) is 3.75. The zero-order chi connectivity index (χ0) is 13.4.